The van der Waals surface area contributed by atoms with E-state index in [0.29, 0.717) is 0 Å². The summed E-state index contributed by atoms with van der Waals surface area (Å²) >= 11 is 0. The van der Waals surface area contributed by atoms with Gasteiger partial charge in [0.05, 0.1) is 11.8 Å². The van der Waals surface area contributed by atoms with Crippen LogP contribution in [0.25, 0.3) is 0 Å². The van der Waals surface area contributed by atoms with E-state index in [1.54, 1.807) is 4.68 Å². The van der Waals surface area contributed by atoms with Crippen molar-refractivity contribution in [2.24, 2.45) is 12.9 Å². The molecule has 0 spiro atoms. The third kappa shape index (κ3) is 2.04. The summed E-state index contributed by atoms with van der Waals surface area (Å²) in [5.41, 5.74) is 4.77. The van der Waals surface area contributed by atoms with Crippen LogP contribution in [-0.2, 0) is 13.6 Å². The van der Waals surface area contributed by atoms with E-state index >= 15 is 0 Å². The zero-order valence-corrected chi connectivity index (χ0v) is 9.77. The van der Waals surface area contributed by atoms with Gasteiger partial charge in [-0.25, -0.2) is 5.84 Å². The van der Waals surface area contributed by atoms with Crippen LogP contribution in [-0.4, -0.2) is 39.0 Å². The number of nitrogens with two attached hydrogens (primary N) is 1. The normalized spacial score (nSPS) is 21.6. The minimum absolute atomic E-state index is 0.189. The van der Waals surface area contributed by atoms with Gasteiger partial charge in [-0.15, -0.1) is 0 Å². The molecule has 16 heavy (non-hydrogen) atoms. The molecule has 4 N–H and O–H groups in total. The minimum atomic E-state index is -0.189. The standard InChI is InChI=1S/C10H19N5O/c1-7-9(10(12-11)14(2)13-7)6-15-4-3-8(16)5-15/h8,12,16H,3-6,11H2,1-2H3. The maximum atomic E-state index is 9.48. The van der Waals surface area contributed by atoms with Crippen LogP contribution in [0.5, 0.6) is 0 Å². The number of hydrogen-bond acceptors (Lipinski definition) is 5. The third-order valence-corrected chi connectivity index (χ3v) is 3.11. The Labute approximate surface area is 95.0 Å². The van der Waals surface area contributed by atoms with Crippen molar-refractivity contribution in [2.45, 2.75) is 26.0 Å². The van der Waals surface area contributed by atoms with Crippen LogP contribution < -0.4 is 11.3 Å². The highest BCUT2D eigenvalue weighted by atomic mass is 16.3. The number of aliphatic hydroxyl groups excluding tert-OH is 1. The quantitative estimate of drug-likeness (QED) is 0.481. The van der Waals surface area contributed by atoms with Gasteiger partial charge in [-0.1, -0.05) is 0 Å². The highest BCUT2D eigenvalue weighted by Gasteiger charge is 2.23. The number of hydrogen-bond donors (Lipinski definition) is 3. The lowest BCUT2D eigenvalue weighted by atomic mass is 10.2. The van der Waals surface area contributed by atoms with E-state index in [1.807, 2.05) is 14.0 Å². The van der Waals surface area contributed by atoms with Crippen molar-refractivity contribution < 1.29 is 5.11 Å². The highest BCUT2D eigenvalue weighted by Crippen LogP contribution is 2.21. The Hall–Kier alpha value is -1.11. The number of likely N-dealkylation sites (tertiary alicyclic amines) is 1. The second-order valence-corrected chi connectivity index (χ2v) is 4.36. The van der Waals surface area contributed by atoms with E-state index < -0.39 is 0 Å². The van der Waals surface area contributed by atoms with Crippen LogP contribution in [0.4, 0.5) is 5.82 Å². The van der Waals surface area contributed by atoms with E-state index in [4.69, 9.17) is 5.84 Å². The van der Waals surface area contributed by atoms with Crippen LogP contribution in [0.3, 0.4) is 0 Å². The van der Waals surface area contributed by atoms with E-state index in [1.165, 1.54) is 0 Å². The molecule has 0 aliphatic carbocycles. The van der Waals surface area contributed by atoms with Crippen LogP contribution in [0.15, 0.2) is 0 Å². The molecule has 2 rings (SSSR count). The largest absolute Gasteiger partial charge is 0.392 e. The monoisotopic (exact) mass is 225 g/mol. The van der Waals surface area contributed by atoms with Crippen molar-refractivity contribution in [1.82, 2.24) is 14.7 Å². The van der Waals surface area contributed by atoms with Crippen LogP contribution in [0.1, 0.15) is 17.7 Å². The molecule has 1 unspecified atom stereocenters. The Bertz CT molecular complexity index is 376. The molecule has 0 radical (unpaired) electrons. The Balaban J connectivity index is 2.14. The molecule has 0 bridgehead atoms. The highest BCUT2D eigenvalue weighted by molar-refractivity contribution is 5.46. The molecule has 1 saturated heterocycles. The zero-order chi connectivity index (χ0) is 11.7. The van der Waals surface area contributed by atoms with Gasteiger partial charge in [-0.2, -0.15) is 5.10 Å². The SMILES string of the molecule is Cc1nn(C)c(NN)c1CN1CCC(O)C1. The summed E-state index contributed by atoms with van der Waals surface area (Å²) < 4.78 is 1.75. The van der Waals surface area contributed by atoms with Crippen LogP contribution in [0, 0.1) is 6.92 Å². The maximum Gasteiger partial charge on any atom is 0.142 e. The Kier molecular flexibility index (Phi) is 3.13. The summed E-state index contributed by atoms with van der Waals surface area (Å²) in [6, 6.07) is 0. The molecule has 2 heterocycles. The first kappa shape index (κ1) is 11.4. The van der Waals surface area contributed by atoms with Gasteiger partial charge in [0.25, 0.3) is 0 Å². The summed E-state index contributed by atoms with van der Waals surface area (Å²) in [6.07, 6.45) is 0.663. The number of hydrazine groups is 1. The topological polar surface area (TPSA) is 79.3 Å². The molecular weight excluding hydrogens is 206 g/mol. The predicted octanol–water partition coefficient (Wildman–Crippen LogP) is -0.419. The van der Waals surface area contributed by atoms with Crippen LogP contribution in [0.2, 0.25) is 0 Å². The summed E-state index contributed by atoms with van der Waals surface area (Å²) in [5.74, 6) is 6.33. The smallest absolute Gasteiger partial charge is 0.142 e. The fourth-order valence-electron chi connectivity index (χ4n) is 2.25. The van der Waals surface area contributed by atoms with Crippen molar-refractivity contribution in [3.8, 4) is 0 Å². The first-order valence-corrected chi connectivity index (χ1v) is 5.51. The van der Waals surface area contributed by atoms with Crippen molar-refractivity contribution in [1.29, 1.82) is 0 Å². The summed E-state index contributed by atoms with van der Waals surface area (Å²) in [6.45, 7) is 4.43. The number of nitrogens with one attached hydrogen (secondary N) is 1. The lowest BCUT2D eigenvalue weighted by Crippen LogP contribution is -2.23. The molecule has 6 nitrogen and oxygen atoms in total. The summed E-state index contributed by atoms with van der Waals surface area (Å²) in [5, 5.41) is 13.8. The average Bonchev–Trinajstić information content (AvgIpc) is 2.73. The Morgan fingerprint density at radius 3 is 2.94 bits per heavy atom. The van der Waals surface area contributed by atoms with E-state index in [0.717, 1.165) is 43.1 Å². The molecule has 1 aromatic heterocycles. The fourth-order valence-corrected chi connectivity index (χ4v) is 2.25. The van der Waals surface area contributed by atoms with Gasteiger partial charge in [0.2, 0.25) is 0 Å². The van der Waals surface area contributed by atoms with Crippen LogP contribution >= 0.6 is 0 Å². The second kappa shape index (κ2) is 4.40. The summed E-state index contributed by atoms with van der Waals surface area (Å²) in [4.78, 5) is 2.22. The number of anilines is 1. The molecule has 1 aromatic rings. The number of nitrogens with zero attached hydrogens (tertiary/aromatic N) is 3. The minimum Gasteiger partial charge on any atom is -0.392 e. The van der Waals surface area contributed by atoms with Gasteiger partial charge in [-0.05, 0) is 13.3 Å². The van der Waals surface area contributed by atoms with Gasteiger partial charge < -0.3 is 10.5 Å². The first-order chi connectivity index (χ1) is 7.61. The lowest BCUT2D eigenvalue weighted by molar-refractivity contribution is 0.175. The van der Waals surface area contributed by atoms with E-state index in [2.05, 4.69) is 15.4 Å². The second-order valence-electron chi connectivity index (χ2n) is 4.36. The molecule has 1 aliphatic heterocycles. The number of aryl methyl sites for hydroxylation is 2. The van der Waals surface area contributed by atoms with Gasteiger partial charge in [0.15, 0.2) is 0 Å². The molecular formula is C10H19N5O. The molecule has 6 heteroatoms. The van der Waals surface area contributed by atoms with Gasteiger partial charge >= 0.3 is 0 Å². The van der Waals surface area contributed by atoms with Gasteiger partial charge in [0.1, 0.15) is 5.82 Å². The summed E-state index contributed by atoms with van der Waals surface area (Å²) in [7, 11) is 1.87. The molecule has 1 aliphatic rings. The number of nitrogen functional groups attached to an aromatic ring is 1. The zero-order valence-electron chi connectivity index (χ0n) is 9.77. The third-order valence-electron chi connectivity index (χ3n) is 3.11. The van der Waals surface area contributed by atoms with E-state index in [-0.39, 0.29) is 6.10 Å². The maximum absolute atomic E-state index is 9.48. The molecule has 90 valence electrons. The average molecular weight is 225 g/mol. The van der Waals surface area contributed by atoms with Crippen molar-refractivity contribution in [3.05, 3.63) is 11.3 Å². The fraction of sp³-hybridized carbons (Fsp3) is 0.700. The predicted molar refractivity (Wildman–Crippen MR) is 61.7 cm³/mol. The number of rotatable bonds is 3. The molecule has 0 aromatic carbocycles. The molecule has 1 atom stereocenters. The first-order valence-electron chi connectivity index (χ1n) is 5.51. The number of aliphatic hydroxyl groups is 1. The Morgan fingerprint density at radius 2 is 2.38 bits per heavy atom. The lowest BCUT2D eigenvalue weighted by Gasteiger charge is -2.15. The number of aromatic nitrogens is 2. The molecule has 0 saturated carbocycles. The molecule has 1 fully saturated rings. The van der Waals surface area contributed by atoms with Crippen molar-refractivity contribution in [3.63, 3.8) is 0 Å². The molecule has 0 amide bonds. The van der Waals surface area contributed by atoms with Crippen molar-refractivity contribution in [2.75, 3.05) is 18.5 Å². The van der Waals surface area contributed by atoms with Gasteiger partial charge in [-0.3, -0.25) is 9.58 Å². The van der Waals surface area contributed by atoms with E-state index in [9.17, 15) is 5.11 Å². The Morgan fingerprint density at radius 1 is 1.62 bits per heavy atom. The number of β-amino-alcohol motifs (C(OH)–C–C–N with tert-alkyl or cyclic N) is 1. The van der Waals surface area contributed by atoms with Crippen molar-refractivity contribution >= 4 is 5.82 Å². The van der Waals surface area contributed by atoms with Gasteiger partial charge in [0, 0.05) is 32.2 Å².